The average molecular weight is 257 g/mol. The Bertz CT molecular complexity index is 352. The predicted octanol–water partition coefficient (Wildman–Crippen LogP) is 1.65. The summed E-state index contributed by atoms with van der Waals surface area (Å²) in [4.78, 5) is 4.33. The van der Waals surface area contributed by atoms with Gasteiger partial charge in [0.15, 0.2) is 5.82 Å². The lowest BCUT2D eigenvalue weighted by atomic mass is 9.67. The molecule has 1 saturated carbocycles. The molecule has 0 aromatic carbocycles. The lowest BCUT2D eigenvalue weighted by Crippen LogP contribution is -2.37. The second kappa shape index (κ2) is 5.75. The molecule has 96 valence electrons. The molecule has 2 rings (SSSR count). The molecule has 0 bridgehead atoms. The van der Waals surface area contributed by atoms with Crippen LogP contribution in [0.4, 0.5) is 5.13 Å². The average Bonchev–Trinajstić information content (AvgIpc) is 2.70. The van der Waals surface area contributed by atoms with Gasteiger partial charge in [0.1, 0.15) is 6.61 Å². The Morgan fingerprint density at radius 3 is 2.94 bits per heavy atom. The van der Waals surface area contributed by atoms with Gasteiger partial charge in [-0.3, -0.25) is 0 Å². The molecule has 5 nitrogen and oxygen atoms in total. The van der Waals surface area contributed by atoms with Gasteiger partial charge in [0.05, 0.1) is 0 Å². The molecule has 0 unspecified atom stereocenters. The van der Waals surface area contributed by atoms with Crippen LogP contribution in [0.15, 0.2) is 0 Å². The Labute approximate surface area is 105 Å². The Balaban J connectivity index is 1.83. The maximum atomic E-state index is 9.07. The summed E-state index contributed by atoms with van der Waals surface area (Å²) in [6.45, 7) is 1.61. The van der Waals surface area contributed by atoms with E-state index in [1.54, 1.807) is 7.11 Å². The van der Waals surface area contributed by atoms with Gasteiger partial charge < -0.3 is 15.2 Å². The lowest BCUT2D eigenvalue weighted by molar-refractivity contribution is 0.102. The van der Waals surface area contributed by atoms with Crippen LogP contribution in [0, 0.1) is 5.41 Å². The highest BCUT2D eigenvalue weighted by molar-refractivity contribution is 7.09. The molecule has 1 fully saturated rings. The van der Waals surface area contributed by atoms with E-state index in [4.69, 9.17) is 9.84 Å². The highest BCUT2D eigenvalue weighted by Gasteiger charge is 2.36. The van der Waals surface area contributed by atoms with Crippen LogP contribution in [0.25, 0.3) is 0 Å². The van der Waals surface area contributed by atoms with Gasteiger partial charge in [0.25, 0.3) is 0 Å². The summed E-state index contributed by atoms with van der Waals surface area (Å²) in [6.07, 6.45) is 4.55. The molecule has 0 saturated heterocycles. The Morgan fingerprint density at radius 2 is 2.35 bits per heavy atom. The molecule has 1 aromatic heterocycles. The standard InChI is InChI=1S/C11H19N3O2S/c1-16-7-9-13-10(17-14-9)12-8-11(5-6-15)3-2-4-11/h15H,2-8H2,1H3,(H,12,13,14). The maximum Gasteiger partial charge on any atom is 0.202 e. The molecular formula is C11H19N3O2S. The molecule has 1 heterocycles. The normalized spacial score (nSPS) is 17.8. The summed E-state index contributed by atoms with van der Waals surface area (Å²) >= 11 is 1.37. The number of hydrogen-bond donors (Lipinski definition) is 2. The molecule has 0 atom stereocenters. The molecule has 0 amide bonds. The summed E-state index contributed by atoms with van der Waals surface area (Å²) in [7, 11) is 1.64. The van der Waals surface area contributed by atoms with Gasteiger partial charge in [-0.05, 0) is 24.7 Å². The first-order valence-electron chi connectivity index (χ1n) is 5.94. The molecule has 1 aliphatic carbocycles. The first-order chi connectivity index (χ1) is 8.28. The quantitative estimate of drug-likeness (QED) is 0.777. The third-order valence-corrected chi connectivity index (χ3v) is 4.12. The van der Waals surface area contributed by atoms with Crippen molar-refractivity contribution >= 4 is 16.7 Å². The Morgan fingerprint density at radius 1 is 1.53 bits per heavy atom. The monoisotopic (exact) mass is 257 g/mol. The number of methoxy groups -OCH3 is 1. The minimum absolute atomic E-state index is 0.271. The van der Waals surface area contributed by atoms with Gasteiger partial charge in [-0.1, -0.05) is 6.42 Å². The smallest absolute Gasteiger partial charge is 0.202 e. The number of anilines is 1. The summed E-state index contributed by atoms with van der Waals surface area (Å²) in [5, 5.41) is 13.2. The van der Waals surface area contributed by atoms with Gasteiger partial charge in [-0.2, -0.15) is 4.37 Å². The zero-order valence-corrected chi connectivity index (χ0v) is 10.9. The van der Waals surface area contributed by atoms with E-state index in [0.29, 0.717) is 6.61 Å². The number of nitrogens with zero attached hydrogens (tertiary/aromatic N) is 2. The Kier molecular flexibility index (Phi) is 4.31. The minimum atomic E-state index is 0.271. The number of aromatic nitrogens is 2. The topological polar surface area (TPSA) is 67.3 Å². The van der Waals surface area contributed by atoms with Crippen molar-refractivity contribution in [2.75, 3.05) is 25.6 Å². The second-order valence-electron chi connectivity index (χ2n) is 4.63. The van der Waals surface area contributed by atoms with Crippen molar-refractivity contribution in [1.82, 2.24) is 9.36 Å². The van der Waals surface area contributed by atoms with E-state index in [1.165, 1.54) is 30.8 Å². The molecule has 0 spiro atoms. The second-order valence-corrected chi connectivity index (χ2v) is 5.38. The van der Waals surface area contributed by atoms with Crippen LogP contribution in [-0.2, 0) is 11.3 Å². The van der Waals surface area contributed by atoms with Crippen LogP contribution in [-0.4, -0.2) is 34.7 Å². The predicted molar refractivity (Wildman–Crippen MR) is 67.1 cm³/mol. The highest BCUT2D eigenvalue weighted by atomic mass is 32.1. The van der Waals surface area contributed by atoms with Crippen molar-refractivity contribution in [3.8, 4) is 0 Å². The first kappa shape index (κ1) is 12.7. The van der Waals surface area contributed by atoms with Crippen molar-refractivity contribution in [2.45, 2.75) is 32.3 Å². The van der Waals surface area contributed by atoms with Crippen LogP contribution >= 0.6 is 11.5 Å². The van der Waals surface area contributed by atoms with E-state index >= 15 is 0 Å². The molecular weight excluding hydrogens is 238 g/mol. The number of rotatable bonds is 7. The molecule has 0 aliphatic heterocycles. The van der Waals surface area contributed by atoms with Crippen molar-refractivity contribution in [2.24, 2.45) is 5.41 Å². The summed E-state index contributed by atoms with van der Waals surface area (Å²) in [6, 6.07) is 0. The zero-order valence-electron chi connectivity index (χ0n) is 10.1. The molecule has 2 N–H and O–H groups in total. The van der Waals surface area contributed by atoms with Crippen LogP contribution < -0.4 is 5.32 Å². The number of ether oxygens (including phenoxy) is 1. The van der Waals surface area contributed by atoms with E-state index in [9.17, 15) is 0 Å². The molecule has 1 aromatic rings. The fraction of sp³-hybridized carbons (Fsp3) is 0.818. The van der Waals surface area contributed by atoms with Crippen LogP contribution in [0.2, 0.25) is 0 Å². The van der Waals surface area contributed by atoms with Gasteiger partial charge in [0.2, 0.25) is 5.13 Å². The maximum absolute atomic E-state index is 9.07. The summed E-state index contributed by atoms with van der Waals surface area (Å²) < 4.78 is 9.17. The van der Waals surface area contributed by atoms with Gasteiger partial charge in [0, 0.05) is 31.8 Å². The lowest BCUT2D eigenvalue weighted by Gasteiger charge is -2.41. The van der Waals surface area contributed by atoms with Gasteiger partial charge >= 0.3 is 0 Å². The first-order valence-corrected chi connectivity index (χ1v) is 6.72. The van der Waals surface area contributed by atoms with Crippen molar-refractivity contribution < 1.29 is 9.84 Å². The fourth-order valence-electron chi connectivity index (χ4n) is 2.21. The van der Waals surface area contributed by atoms with Crippen molar-refractivity contribution in [3.63, 3.8) is 0 Å². The number of hydrogen-bond acceptors (Lipinski definition) is 6. The fourth-order valence-corrected chi connectivity index (χ4v) is 2.77. The SMILES string of the molecule is COCc1nsc(NCC2(CCO)CCC2)n1. The largest absolute Gasteiger partial charge is 0.396 e. The van der Waals surface area contributed by atoms with Gasteiger partial charge in [-0.25, -0.2) is 4.98 Å². The third kappa shape index (κ3) is 3.14. The van der Waals surface area contributed by atoms with E-state index in [-0.39, 0.29) is 12.0 Å². The van der Waals surface area contributed by atoms with Crippen LogP contribution in [0.5, 0.6) is 0 Å². The number of aliphatic hydroxyl groups is 1. The molecule has 17 heavy (non-hydrogen) atoms. The Hall–Kier alpha value is -0.720. The third-order valence-electron chi connectivity index (χ3n) is 3.41. The van der Waals surface area contributed by atoms with Gasteiger partial charge in [-0.15, -0.1) is 0 Å². The molecule has 1 aliphatic rings. The summed E-state index contributed by atoms with van der Waals surface area (Å²) in [5.41, 5.74) is 0.280. The van der Waals surface area contributed by atoms with Crippen molar-refractivity contribution in [3.05, 3.63) is 5.82 Å². The van der Waals surface area contributed by atoms with E-state index < -0.39 is 0 Å². The van der Waals surface area contributed by atoms with E-state index in [1.807, 2.05) is 0 Å². The highest BCUT2D eigenvalue weighted by Crippen LogP contribution is 2.43. The number of aliphatic hydroxyl groups excluding tert-OH is 1. The zero-order chi connectivity index (χ0) is 12.1. The van der Waals surface area contributed by atoms with E-state index in [0.717, 1.165) is 23.9 Å². The molecule has 0 radical (unpaired) electrons. The van der Waals surface area contributed by atoms with E-state index in [2.05, 4.69) is 14.7 Å². The van der Waals surface area contributed by atoms with Crippen LogP contribution in [0.3, 0.4) is 0 Å². The summed E-state index contributed by atoms with van der Waals surface area (Å²) in [5.74, 6) is 0.727. The number of nitrogens with one attached hydrogen (secondary N) is 1. The molecule has 6 heteroatoms. The minimum Gasteiger partial charge on any atom is -0.396 e. The van der Waals surface area contributed by atoms with Crippen LogP contribution in [0.1, 0.15) is 31.5 Å². The van der Waals surface area contributed by atoms with Crippen molar-refractivity contribution in [1.29, 1.82) is 0 Å².